The number of nitrogen functional groups attached to an aromatic ring is 1. The zero-order chi connectivity index (χ0) is 18.9. The molecule has 0 aliphatic carbocycles. The predicted molar refractivity (Wildman–Crippen MR) is 99.6 cm³/mol. The maximum Gasteiger partial charge on any atom is 0.246 e. The third kappa shape index (κ3) is 3.15. The van der Waals surface area contributed by atoms with Crippen molar-refractivity contribution in [1.82, 2.24) is 9.88 Å². The number of nitrogens with one attached hydrogen (secondary N) is 1. The van der Waals surface area contributed by atoms with Gasteiger partial charge in [-0.25, -0.2) is 4.39 Å². The fourth-order valence-corrected chi connectivity index (χ4v) is 3.12. The number of phenols is 1. The molecule has 136 valence electrons. The van der Waals surface area contributed by atoms with Crippen molar-refractivity contribution in [3.63, 3.8) is 0 Å². The summed E-state index contributed by atoms with van der Waals surface area (Å²) in [6, 6.07) is 8.24. The van der Waals surface area contributed by atoms with E-state index in [1.807, 2.05) is 0 Å². The number of hydrogen-bond acceptors (Lipinski definition) is 4. The van der Waals surface area contributed by atoms with Crippen LogP contribution in [-0.2, 0) is 10.5 Å². The molecule has 7 heteroatoms. The molecule has 26 heavy (non-hydrogen) atoms. The number of aromatic amines is 1. The van der Waals surface area contributed by atoms with Crippen LogP contribution in [0.1, 0.15) is 23.2 Å². The Morgan fingerprint density at radius 2 is 2.15 bits per heavy atom. The summed E-state index contributed by atoms with van der Waals surface area (Å²) >= 11 is 0. The highest BCUT2D eigenvalue weighted by Crippen LogP contribution is 2.37. The first-order valence-electron chi connectivity index (χ1n) is 8.19. The van der Waals surface area contributed by atoms with Crippen LogP contribution in [0.25, 0.3) is 11.8 Å². The van der Waals surface area contributed by atoms with Crippen molar-refractivity contribution in [1.29, 1.82) is 0 Å². The molecule has 6 N–H and O–H groups in total. The van der Waals surface area contributed by atoms with Crippen molar-refractivity contribution in [2.45, 2.75) is 12.1 Å². The number of anilines is 1. The molecule has 0 spiro atoms. The Morgan fingerprint density at radius 1 is 1.42 bits per heavy atom. The fourth-order valence-electron chi connectivity index (χ4n) is 3.12. The molecule has 1 amide bonds. The topological polar surface area (TPSA) is 108 Å². The molecule has 6 nitrogen and oxygen atoms in total. The number of halogens is 1. The summed E-state index contributed by atoms with van der Waals surface area (Å²) < 4.78 is 15.3. The molecule has 1 atom stereocenters. The zero-order valence-corrected chi connectivity index (χ0v) is 14.2. The molecule has 1 unspecified atom stereocenters. The molecule has 3 rings (SSSR count). The number of para-hydroxylation sites is 1. The van der Waals surface area contributed by atoms with Gasteiger partial charge in [0, 0.05) is 29.8 Å². The maximum atomic E-state index is 15.3. The van der Waals surface area contributed by atoms with Crippen LogP contribution in [0.2, 0.25) is 0 Å². The van der Waals surface area contributed by atoms with Crippen LogP contribution in [0.4, 0.5) is 10.2 Å². The Labute approximate surface area is 150 Å². The summed E-state index contributed by atoms with van der Waals surface area (Å²) in [6.45, 7) is 3.68. The summed E-state index contributed by atoms with van der Waals surface area (Å²) in [7, 11) is 0. The molecule has 2 aromatic rings. The number of likely N-dealkylation sites (tertiary alicyclic amines) is 1. The average molecular weight is 356 g/mol. The first kappa shape index (κ1) is 17.6. The lowest BCUT2D eigenvalue weighted by Gasteiger charge is -2.19. The van der Waals surface area contributed by atoms with Gasteiger partial charge in [-0.15, -0.1) is 0 Å². The van der Waals surface area contributed by atoms with E-state index in [4.69, 9.17) is 11.5 Å². The summed E-state index contributed by atoms with van der Waals surface area (Å²) in [5.41, 5.74) is 11.9. The summed E-state index contributed by atoms with van der Waals surface area (Å²) in [6.07, 6.45) is 2.93. The Bertz CT molecular complexity index is 889. The second-order valence-corrected chi connectivity index (χ2v) is 6.35. The summed E-state index contributed by atoms with van der Waals surface area (Å²) in [4.78, 5) is 16.0. The van der Waals surface area contributed by atoms with E-state index in [2.05, 4.69) is 11.6 Å². The number of alkyl halides is 1. The molecular formula is C19H21FN4O2. The molecule has 1 saturated heterocycles. The van der Waals surface area contributed by atoms with Gasteiger partial charge in [-0.05, 0) is 30.4 Å². The summed E-state index contributed by atoms with van der Waals surface area (Å²) in [5.74, 6) is 0.0174. The van der Waals surface area contributed by atoms with E-state index >= 15 is 4.39 Å². The van der Waals surface area contributed by atoms with Crippen molar-refractivity contribution < 1.29 is 14.3 Å². The van der Waals surface area contributed by atoms with Crippen LogP contribution in [0.3, 0.4) is 0 Å². The highest BCUT2D eigenvalue weighted by molar-refractivity contribution is 5.87. The van der Waals surface area contributed by atoms with Crippen LogP contribution in [0.5, 0.6) is 5.75 Å². The van der Waals surface area contributed by atoms with E-state index in [9.17, 15) is 9.90 Å². The minimum Gasteiger partial charge on any atom is -0.507 e. The molecule has 1 aromatic carbocycles. The fraction of sp³-hybridized carbons (Fsp3) is 0.211. The lowest BCUT2D eigenvalue weighted by atomic mass is 10.0. The number of aromatic nitrogens is 1. The van der Waals surface area contributed by atoms with Crippen LogP contribution >= 0.6 is 0 Å². The standard InChI is InChI=1S/C19H21FN4O2/c1-2-17(26)24-8-7-19(20,11-24)16-10-12(18(22)23-16)9-14(21)13-5-3-4-6-15(13)25/h2-6,9-10,23,25H,1,7-8,11,21-22H2/b14-9-. The van der Waals surface area contributed by atoms with Gasteiger partial charge in [0.05, 0.1) is 12.2 Å². The van der Waals surface area contributed by atoms with Crippen LogP contribution in [-0.4, -0.2) is 34.0 Å². The minimum atomic E-state index is -1.71. The zero-order valence-electron chi connectivity index (χ0n) is 14.2. The van der Waals surface area contributed by atoms with E-state index in [-0.39, 0.29) is 30.4 Å². The number of phenolic OH excluding ortho intramolecular Hbond substituents is 1. The quantitative estimate of drug-likeness (QED) is 0.631. The number of H-pyrrole nitrogens is 1. The number of carbonyl (C=O) groups is 1. The van der Waals surface area contributed by atoms with Crippen molar-refractivity contribution >= 4 is 23.5 Å². The molecular weight excluding hydrogens is 335 g/mol. The number of rotatable bonds is 4. The molecule has 1 aliphatic rings. The van der Waals surface area contributed by atoms with Gasteiger partial charge in [0.25, 0.3) is 0 Å². The van der Waals surface area contributed by atoms with Crippen molar-refractivity contribution in [3.8, 4) is 5.75 Å². The molecule has 1 fully saturated rings. The lowest BCUT2D eigenvalue weighted by molar-refractivity contribution is -0.125. The van der Waals surface area contributed by atoms with E-state index < -0.39 is 5.67 Å². The van der Waals surface area contributed by atoms with Crippen molar-refractivity contribution in [2.75, 3.05) is 18.8 Å². The lowest BCUT2D eigenvalue weighted by Crippen LogP contribution is -2.31. The van der Waals surface area contributed by atoms with E-state index in [1.165, 1.54) is 17.0 Å². The van der Waals surface area contributed by atoms with Gasteiger partial charge in [0.2, 0.25) is 5.91 Å². The Balaban J connectivity index is 1.88. The first-order chi connectivity index (χ1) is 12.3. The van der Waals surface area contributed by atoms with Gasteiger partial charge in [-0.1, -0.05) is 18.7 Å². The number of benzene rings is 1. The first-order valence-corrected chi connectivity index (χ1v) is 8.19. The number of carbonyl (C=O) groups excluding carboxylic acids is 1. The molecule has 2 heterocycles. The number of aromatic hydroxyl groups is 1. The highest BCUT2D eigenvalue weighted by Gasteiger charge is 2.42. The van der Waals surface area contributed by atoms with Gasteiger partial charge < -0.3 is 26.5 Å². The monoisotopic (exact) mass is 356 g/mol. The van der Waals surface area contributed by atoms with Gasteiger partial charge in [-0.3, -0.25) is 4.79 Å². The molecule has 1 aliphatic heterocycles. The SMILES string of the molecule is C=CC(=O)N1CCC(F)(c2cc(/C=C(\N)c3ccccc3O)c(N)[nH]2)C1. The number of amides is 1. The van der Waals surface area contributed by atoms with E-state index in [0.717, 1.165) is 0 Å². The second kappa shape index (κ2) is 6.59. The largest absolute Gasteiger partial charge is 0.507 e. The van der Waals surface area contributed by atoms with Crippen LogP contribution in [0, 0.1) is 0 Å². The second-order valence-electron chi connectivity index (χ2n) is 6.35. The Hall–Kier alpha value is -3.22. The van der Waals surface area contributed by atoms with Crippen LogP contribution < -0.4 is 11.5 Å². The smallest absolute Gasteiger partial charge is 0.246 e. The molecule has 0 bridgehead atoms. The van der Waals surface area contributed by atoms with E-state index in [1.54, 1.807) is 30.3 Å². The minimum absolute atomic E-state index is 0.0481. The predicted octanol–water partition coefficient (Wildman–Crippen LogP) is 2.34. The normalized spacial score (nSPS) is 20.3. The molecule has 0 radical (unpaired) electrons. The number of hydrogen-bond donors (Lipinski definition) is 4. The summed E-state index contributed by atoms with van der Waals surface area (Å²) in [5, 5.41) is 9.89. The maximum absolute atomic E-state index is 15.3. The highest BCUT2D eigenvalue weighted by atomic mass is 19.1. The van der Waals surface area contributed by atoms with Crippen LogP contribution in [0.15, 0.2) is 43.0 Å². The number of nitrogens with two attached hydrogens (primary N) is 2. The Morgan fingerprint density at radius 3 is 2.85 bits per heavy atom. The number of nitrogens with zero attached hydrogens (tertiary/aromatic N) is 1. The Kier molecular flexibility index (Phi) is 4.46. The molecule has 1 aromatic heterocycles. The van der Waals surface area contributed by atoms with Gasteiger partial charge in [-0.2, -0.15) is 0 Å². The van der Waals surface area contributed by atoms with Crippen molar-refractivity contribution in [3.05, 3.63) is 59.8 Å². The van der Waals surface area contributed by atoms with Crippen molar-refractivity contribution in [2.24, 2.45) is 5.73 Å². The molecule has 0 saturated carbocycles. The third-order valence-electron chi connectivity index (χ3n) is 4.59. The van der Waals surface area contributed by atoms with Gasteiger partial charge in [0.1, 0.15) is 11.6 Å². The third-order valence-corrected chi connectivity index (χ3v) is 4.59. The van der Waals surface area contributed by atoms with Gasteiger partial charge in [0.15, 0.2) is 5.67 Å². The van der Waals surface area contributed by atoms with Gasteiger partial charge >= 0.3 is 0 Å². The van der Waals surface area contributed by atoms with E-state index in [0.29, 0.717) is 29.1 Å². The average Bonchev–Trinajstić information content (AvgIpc) is 3.19.